The zero-order chi connectivity index (χ0) is 20.5. The van der Waals surface area contributed by atoms with E-state index in [9.17, 15) is 4.79 Å². The van der Waals surface area contributed by atoms with Crippen molar-refractivity contribution in [2.75, 3.05) is 0 Å². The molecule has 0 unspecified atom stereocenters. The quantitative estimate of drug-likeness (QED) is 0.451. The molecule has 2 heterocycles. The molecule has 30 heavy (non-hydrogen) atoms. The highest BCUT2D eigenvalue weighted by Gasteiger charge is 2.10. The van der Waals surface area contributed by atoms with Crippen molar-refractivity contribution in [2.45, 2.75) is 6.61 Å². The highest BCUT2D eigenvalue weighted by molar-refractivity contribution is 7.15. The Morgan fingerprint density at radius 1 is 1.03 bits per heavy atom. The maximum absolute atomic E-state index is 12.8. The molecule has 0 saturated heterocycles. The van der Waals surface area contributed by atoms with Gasteiger partial charge in [-0.1, -0.05) is 47.7 Å². The fourth-order valence-corrected chi connectivity index (χ4v) is 4.25. The Bertz CT molecular complexity index is 1510. The van der Waals surface area contributed by atoms with Crippen LogP contribution in [0.5, 0.6) is 5.75 Å². The standard InChI is InChI=1S/C24H15N3O2S/c25-14-17-5-7-18(8-6-17)15-29-19-11-9-16(10-12-19)13-22-23(28)27-21-4-2-1-3-20(21)26-24(27)30-22/h1-13H,15H2/b22-13+. The van der Waals surface area contributed by atoms with Crippen LogP contribution in [0.2, 0.25) is 0 Å². The zero-order valence-corrected chi connectivity index (χ0v) is 16.6. The number of benzene rings is 3. The number of ether oxygens (including phenoxy) is 1. The molecule has 5 rings (SSSR count). The van der Waals surface area contributed by atoms with Crippen LogP contribution in [0.25, 0.3) is 22.1 Å². The number of fused-ring (bicyclic) bond motifs is 3. The molecule has 0 aliphatic heterocycles. The third-order valence-corrected chi connectivity index (χ3v) is 5.78. The Morgan fingerprint density at radius 3 is 2.57 bits per heavy atom. The fourth-order valence-electron chi connectivity index (χ4n) is 3.27. The van der Waals surface area contributed by atoms with Gasteiger partial charge >= 0.3 is 0 Å². The van der Waals surface area contributed by atoms with Gasteiger partial charge in [-0.3, -0.25) is 4.79 Å². The second kappa shape index (κ2) is 7.47. The SMILES string of the molecule is N#Cc1ccc(COc2ccc(/C=c3/sc4nc5ccccc5n4c3=O)cc2)cc1. The summed E-state index contributed by atoms with van der Waals surface area (Å²) in [7, 11) is 0. The van der Waals surface area contributed by atoms with Gasteiger partial charge in [-0.15, -0.1) is 0 Å². The molecule has 5 nitrogen and oxygen atoms in total. The average Bonchev–Trinajstić information content (AvgIpc) is 3.30. The Kier molecular flexibility index (Phi) is 4.51. The first-order valence-corrected chi connectivity index (χ1v) is 10.2. The zero-order valence-electron chi connectivity index (χ0n) is 15.8. The van der Waals surface area contributed by atoms with Crippen molar-refractivity contribution >= 4 is 33.4 Å². The molecule has 0 spiro atoms. The summed E-state index contributed by atoms with van der Waals surface area (Å²) in [5.41, 5.74) is 4.16. The van der Waals surface area contributed by atoms with Gasteiger partial charge in [0.15, 0.2) is 4.96 Å². The number of aromatic nitrogens is 2. The lowest BCUT2D eigenvalue weighted by Gasteiger charge is -2.06. The predicted molar refractivity (Wildman–Crippen MR) is 118 cm³/mol. The molecular weight excluding hydrogens is 394 g/mol. The van der Waals surface area contributed by atoms with E-state index < -0.39 is 0 Å². The Hall–Kier alpha value is -3.95. The molecule has 0 N–H and O–H groups in total. The van der Waals surface area contributed by atoms with Crippen LogP contribution in [0.15, 0.2) is 77.6 Å². The van der Waals surface area contributed by atoms with Gasteiger partial charge in [0.2, 0.25) is 0 Å². The third kappa shape index (κ3) is 3.32. The van der Waals surface area contributed by atoms with Gasteiger partial charge in [0.25, 0.3) is 5.56 Å². The highest BCUT2D eigenvalue weighted by atomic mass is 32.1. The van der Waals surface area contributed by atoms with Crippen LogP contribution in [0.4, 0.5) is 0 Å². The number of para-hydroxylation sites is 2. The predicted octanol–water partition coefficient (Wildman–Crippen LogP) is 3.91. The summed E-state index contributed by atoms with van der Waals surface area (Å²) < 4.78 is 8.12. The molecule has 5 aromatic rings. The molecular formula is C24H15N3O2S. The summed E-state index contributed by atoms with van der Waals surface area (Å²) in [6.45, 7) is 0.425. The van der Waals surface area contributed by atoms with Crippen molar-refractivity contribution in [1.82, 2.24) is 9.38 Å². The largest absolute Gasteiger partial charge is 0.489 e. The van der Waals surface area contributed by atoms with Gasteiger partial charge in [-0.2, -0.15) is 5.26 Å². The first-order chi connectivity index (χ1) is 14.7. The van der Waals surface area contributed by atoms with E-state index in [1.807, 2.05) is 66.7 Å². The number of rotatable bonds is 4. The van der Waals surface area contributed by atoms with Crippen molar-refractivity contribution < 1.29 is 4.74 Å². The minimum atomic E-state index is -0.0511. The molecule has 0 saturated carbocycles. The summed E-state index contributed by atoms with van der Waals surface area (Å²) >= 11 is 1.39. The number of thiazole rings is 1. The summed E-state index contributed by atoms with van der Waals surface area (Å²) in [4.78, 5) is 18.1. The van der Waals surface area contributed by atoms with Crippen molar-refractivity contribution in [3.8, 4) is 11.8 Å². The van der Waals surface area contributed by atoms with Crippen LogP contribution in [0.3, 0.4) is 0 Å². The van der Waals surface area contributed by atoms with Gasteiger partial charge in [-0.25, -0.2) is 9.38 Å². The smallest absolute Gasteiger partial charge is 0.274 e. The minimum Gasteiger partial charge on any atom is -0.489 e. The number of nitriles is 1. The summed E-state index contributed by atoms with van der Waals surface area (Å²) in [6.07, 6.45) is 1.88. The number of imidazole rings is 1. The molecule has 0 fully saturated rings. The molecule has 0 radical (unpaired) electrons. The van der Waals surface area contributed by atoms with Gasteiger partial charge in [0.1, 0.15) is 12.4 Å². The maximum Gasteiger partial charge on any atom is 0.274 e. The highest BCUT2D eigenvalue weighted by Crippen LogP contribution is 2.17. The van der Waals surface area contributed by atoms with Crippen molar-refractivity contribution in [2.24, 2.45) is 0 Å². The number of hydrogen-bond donors (Lipinski definition) is 0. The molecule has 0 atom stereocenters. The maximum atomic E-state index is 12.8. The molecule has 0 aliphatic carbocycles. The van der Waals surface area contributed by atoms with E-state index in [1.165, 1.54) is 11.3 Å². The van der Waals surface area contributed by atoms with Crippen molar-refractivity contribution in [3.63, 3.8) is 0 Å². The van der Waals surface area contributed by atoms with E-state index in [4.69, 9.17) is 10.00 Å². The van der Waals surface area contributed by atoms with Crippen LogP contribution in [-0.2, 0) is 6.61 Å². The van der Waals surface area contributed by atoms with E-state index in [1.54, 1.807) is 16.5 Å². The van der Waals surface area contributed by atoms with Crippen LogP contribution < -0.4 is 14.8 Å². The lowest BCUT2D eigenvalue weighted by atomic mass is 10.1. The molecule has 0 amide bonds. The van der Waals surface area contributed by atoms with Crippen LogP contribution in [-0.4, -0.2) is 9.38 Å². The van der Waals surface area contributed by atoms with Gasteiger partial charge in [0, 0.05) is 0 Å². The topological polar surface area (TPSA) is 67.4 Å². The van der Waals surface area contributed by atoms with Crippen molar-refractivity contribution in [1.29, 1.82) is 5.26 Å². The van der Waals surface area contributed by atoms with E-state index in [0.717, 1.165) is 27.9 Å². The Labute approximate surface area is 175 Å². The Morgan fingerprint density at radius 2 is 1.80 bits per heavy atom. The minimum absolute atomic E-state index is 0.0511. The molecule has 3 aromatic carbocycles. The van der Waals surface area contributed by atoms with Crippen LogP contribution >= 0.6 is 11.3 Å². The van der Waals surface area contributed by atoms with E-state index >= 15 is 0 Å². The number of hydrogen-bond acceptors (Lipinski definition) is 5. The monoisotopic (exact) mass is 409 g/mol. The second-order valence-electron chi connectivity index (χ2n) is 6.80. The normalized spacial score (nSPS) is 11.8. The summed E-state index contributed by atoms with van der Waals surface area (Å²) in [5, 5.41) is 8.85. The lowest BCUT2D eigenvalue weighted by Crippen LogP contribution is -2.22. The first-order valence-electron chi connectivity index (χ1n) is 9.35. The van der Waals surface area contributed by atoms with Gasteiger partial charge in [0.05, 0.1) is 27.2 Å². The van der Waals surface area contributed by atoms with Gasteiger partial charge < -0.3 is 4.74 Å². The molecule has 6 heteroatoms. The second-order valence-corrected chi connectivity index (χ2v) is 7.81. The van der Waals surface area contributed by atoms with Crippen LogP contribution in [0, 0.1) is 11.3 Å². The third-order valence-electron chi connectivity index (χ3n) is 4.81. The van der Waals surface area contributed by atoms with E-state index in [2.05, 4.69) is 11.1 Å². The molecule has 0 bridgehead atoms. The number of nitrogens with zero attached hydrogens (tertiary/aromatic N) is 3. The van der Waals surface area contributed by atoms with E-state index in [0.29, 0.717) is 21.7 Å². The van der Waals surface area contributed by atoms with Crippen LogP contribution in [0.1, 0.15) is 16.7 Å². The summed E-state index contributed by atoms with van der Waals surface area (Å²) in [6, 6.07) is 24.7. The van der Waals surface area contributed by atoms with E-state index in [-0.39, 0.29) is 5.56 Å². The lowest BCUT2D eigenvalue weighted by molar-refractivity contribution is 0.306. The molecule has 0 aliphatic rings. The molecule has 144 valence electrons. The average molecular weight is 409 g/mol. The first kappa shape index (κ1) is 18.1. The van der Waals surface area contributed by atoms with Gasteiger partial charge in [-0.05, 0) is 53.6 Å². The summed E-state index contributed by atoms with van der Waals surface area (Å²) in [5.74, 6) is 0.742. The van der Waals surface area contributed by atoms with Crippen molar-refractivity contribution in [3.05, 3.63) is 104 Å². The fraction of sp³-hybridized carbons (Fsp3) is 0.0417. The molecule has 2 aromatic heterocycles. The Balaban J connectivity index is 1.37.